The van der Waals surface area contributed by atoms with E-state index in [4.69, 9.17) is 5.73 Å². The van der Waals surface area contributed by atoms with Crippen LogP contribution >= 0.6 is 11.3 Å². The van der Waals surface area contributed by atoms with Crippen molar-refractivity contribution in [2.75, 3.05) is 17.2 Å². The maximum absolute atomic E-state index is 11.6. The first-order chi connectivity index (χ1) is 9.92. The summed E-state index contributed by atoms with van der Waals surface area (Å²) in [5.74, 6) is 0.905. The largest absolute Gasteiger partial charge is 0.368 e. The second kappa shape index (κ2) is 6.26. The molecule has 2 rings (SSSR count). The van der Waals surface area contributed by atoms with Crippen LogP contribution in [0.25, 0.3) is 10.2 Å². The number of nitrogens with zero attached hydrogens (tertiary/aromatic N) is 2. The minimum atomic E-state index is -0.460. The molecule has 0 aliphatic rings. The average Bonchev–Trinajstić information content (AvgIpc) is 2.75. The highest BCUT2D eigenvalue weighted by Gasteiger charge is 2.21. The van der Waals surface area contributed by atoms with Gasteiger partial charge >= 0.3 is 0 Å². The number of hydrogen-bond acceptors (Lipinski definition) is 6. The minimum Gasteiger partial charge on any atom is -0.368 e. The van der Waals surface area contributed by atoms with Gasteiger partial charge in [0.15, 0.2) is 0 Å². The lowest BCUT2D eigenvalue weighted by Crippen LogP contribution is -2.39. The van der Waals surface area contributed by atoms with E-state index in [9.17, 15) is 4.79 Å². The van der Waals surface area contributed by atoms with E-state index in [1.165, 1.54) is 0 Å². The van der Waals surface area contributed by atoms with Crippen molar-refractivity contribution in [3.63, 3.8) is 0 Å². The van der Waals surface area contributed by atoms with Crippen LogP contribution in [0.15, 0.2) is 6.07 Å². The van der Waals surface area contributed by atoms with Crippen molar-refractivity contribution in [2.24, 2.45) is 11.7 Å². The zero-order chi connectivity index (χ0) is 15.6. The maximum atomic E-state index is 11.6. The predicted octanol–water partition coefficient (Wildman–Crippen LogP) is 2.35. The number of amides is 1. The molecule has 0 fully saturated rings. The van der Waals surface area contributed by atoms with E-state index >= 15 is 0 Å². The second-order valence-corrected chi connectivity index (χ2v) is 6.51. The van der Waals surface area contributed by atoms with E-state index in [2.05, 4.69) is 20.6 Å². The van der Waals surface area contributed by atoms with Crippen LogP contribution in [0.2, 0.25) is 0 Å². The first kappa shape index (κ1) is 15.5. The van der Waals surface area contributed by atoms with Gasteiger partial charge in [0.2, 0.25) is 11.9 Å². The molecule has 21 heavy (non-hydrogen) atoms. The van der Waals surface area contributed by atoms with Crippen LogP contribution in [0, 0.1) is 12.8 Å². The van der Waals surface area contributed by atoms with E-state index in [0.717, 1.165) is 21.6 Å². The number of fused-ring (bicyclic) bond motifs is 1. The number of thiophene rings is 1. The summed E-state index contributed by atoms with van der Waals surface area (Å²) in [6.07, 6.45) is 0. The molecular weight excluding hydrogens is 286 g/mol. The van der Waals surface area contributed by atoms with Crippen LogP contribution in [0.1, 0.15) is 25.6 Å². The van der Waals surface area contributed by atoms with Gasteiger partial charge in [-0.3, -0.25) is 4.79 Å². The number of aryl methyl sites for hydroxylation is 1. The molecule has 0 aliphatic heterocycles. The fraction of sp³-hybridized carbons (Fsp3) is 0.500. The molecule has 0 spiro atoms. The monoisotopic (exact) mass is 307 g/mol. The quantitative estimate of drug-likeness (QED) is 0.762. The number of aromatic nitrogens is 2. The average molecular weight is 307 g/mol. The third-order valence-corrected chi connectivity index (χ3v) is 4.06. The van der Waals surface area contributed by atoms with E-state index in [1.54, 1.807) is 11.3 Å². The molecule has 2 aromatic heterocycles. The molecule has 0 saturated heterocycles. The number of primary amides is 1. The highest BCUT2D eigenvalue weighted by molar-refractivity contribution is 7.18. The zero-order valence-corrected chi connectivity index (χ0v) is 13.5. The third kappa shape index (κ3) is 3.41. The zero-order valence-electron chi connectivity index (χ0n) is 12.7. The summed E-state index contributed by atoms with van der Waals surface area (Å²) in [6, 6.07) is 1.56. The van der Waals surface area contributed by atoms with Crippen LogP contribution in [-0.4, -0.2) is 28.5 Å². The predicted molar refractivity (Wildman–Crippen MR) is 87.8 cm³/mol. The molecule has 0 bridgehead atoms. The van der Waals surface area contributed by atoms with Gasteiger partial charge in [0, 0.05) is 11.4 Å². The summed E-state index contributed by atoms with van der Waals surface area (Å²) in [6.45, 7) is 8.65. The van der Waals surface area contributed by atoms with Gasteiger partial charge < -0.3 is 16.4 Å². The molecule has 6 nitrogen and oxygen atoms in total. The van der Waals surface area contributed by atoms with E-state index < -0.39 is 6.04 Å². The molecule has 2 aromatic rings. The van der Waals surface area contributed by atoms with Gasteiger partial charge in [-0.15, -0.1) is 11.3 Å². The summed E-state index contributed by atoms with van der Waals surface area (Å²) in [7, 11) is 0. The van der Waals surface area contributed by atoms with Crippen molar-refractivity contribution in [3.8, 4) is 0 Å². The lowest BCUT2D eigenvalue weighted by atomic mass is 10.0. The first-order valence-electron chi connectivity index (χ1n) is 7.00. The molecule has 114 valence electrons. The number of rotatable bonds is 6. The SMILES string of the molecule is CCNc1nc(NC(C(N)=O)C(C)C)c2cc(C)sc2n1. The molecule has 7 heteroatoms. The number of carbonyl (C=O) groups is 1. The van der Waals surface area contributed by atoms with Crippen molar-refractivity contribution >= 4 is 39.2 Å². The third-order valence-electron chi connectivity index (χ3n) is 3.12. The van der Waals surface area contributed by atoms with E-state index in [1.807, 2.05) is 33.8 Å². The number of anilines is 2. The van der Waals surface area contributed by atoms with Crippen molar-refractivity contribution < 1.29 is 4.79 Å². The summed E-state index contributed by atoms with van der Waals surface area (Å²) < 4.78 is 0. The Kier molecular flexibility index (Phi) is 4.62. The Morgan fingerprint density at radius 3 is 2.71 bits per heavy atom. The number of nitrogens with two attached hydrogens (primary N) is 1. The molecule has 0 aliphatic carbocycles. The fourth-order valence-corrected chi connectivity index (χ4v) is 2.98. The van der Waals surface area contributed by atoms with Crippen LogP contribution in [0.3, 0.4) is 0 Å². The Labute approximate surface area is 128 Å². The molecule has 0 aromatic carbocycles. The molecular formula is C14H21N5OS. The Hall–Kier alpha value is -1.89. The highest BCUT2D eigenvalue weighted by atomic mass is 32.1. The van der Waals surface area contributed by atoms with Crippen molar-refractivity contribution in [1.29, 1.82) is 0 Å². The van der Waals surface area contributed by atoms with Gasteiger partial charge in [0.05, 0.1) is 5.39 Å². The second-order valence-electron chi connectivity index (χ2n) is 5.27. The number of carbonyl (C=O) groups excluding carboxylic acids is 1. The highest BCUT2D eigenvalue weighted by Crippen LogP contribution is 2.30. The molecule has 4 N–H and O–H groups in total. The molecule has 2 heterocycles. The van der Waals surface area contributed by atoms with Gasteiger partial charge in [0.25, 0.3) is 0 Å². The van der Waals surface area contributed by atoms with Crippen LogP contribution in [-0.2, 0) is 4.79 Å². The van der Waals surface area contributed by atoms with Crippen molar-refractivity contribution in [3.05, 3.63) is 10.9 Å². The summed E-state index contributed by atoms with van der Waals surface area (Å²) in [5, 5.41) is 7.21. The lowest BCUT2D eigenvalue weighted by Gasteiger charge is -2.20. The maximum Gasteiger partial charge on any atom is 0.240 e. The van der Waals surface area contributed by atoms with Gasteiger partial charge in [-0.2, -0.15) is 4.98 Å². The first-order valence-corrected chi connectivity index (χ1v) is 7.82. The van der Waals surface area contributed by atoms with Crippen LogP contribution in [0.5, 0.6) is 0 Å². The van der Waals surface area contributed by atoms with Crippen molar-refractivity contribution in [2.45, 2.75) is 33.7 Å². The summed E-state index contributed by atoms with van der Waals surface area (Å²) in [5.41, 5.74) is 5.47. The van der Waals surface area contributed by atoms with Crippen LogP contribution < -0.4 is 16.4 Å². The van der Waals surface area contributed by atoms with Gasteiger partial charge in [-0.05, 0) is 25.8 Å². The number of nitrogens with one attached hydrogen (secondary N) is 2. The van der Waals surface area contributed by atoms with Crippen molar-refractivity contribution in [1.82, 2.24) is 9.97 Å². The van der Waals surface area contributed by atoms with E-state index in [-0.39, 0.29) is 11.8 Å². The fourth-order valence-electron chi connectivity index (χ4n) is 2.10. The van der Waals surface area contributed by atoms with Gasteiger partial charge in [-0.25, -0.2) is 4.98 Å². The topological polar surface area (TPSA) is 92.9 Å². The number of hydrogen-bond donors (Lipinski definition) is 3. The molecule has 1 atom stereocenters. The van der Waals surface area contributed by atoms with Gasteiger partial charge in [0.1, 0.15) is 16.7 Å². The minimum absolute atomic E-state index is 0.0785. The Bertz CT molecular complexity index is 652. The Morgan fingerprint density at radius 1 is 1.43 bits per heavy atom. The molecule has 0 saturated carbocycles. The molecule has 0 radical (unpaired) electrons. The van der Waals surface area contributed by atoms with Gasteiger partial charge in [-0.1, -0.05) is 13.8 Å². The normalized spacial score (nSPS) is 12.6. The molecule has 1 amide bonds. The summed E-state index contributed by atoms with van der Waals surface area (Å²) >= 11 is 1.60. The van der Waals surface area contributed by atoms with Crippen LogP contribution in [0.4, 0.5) is 11.8 Å². The Morgan fingerprint density at radius 2 is 2.14 bits per heavy atom. The van der Waals surface area contributed by atoms with E-state index in [0.29, 0.717) is 11.8 Å². The standard InChI is InChI=1S/C14H21N5OS/c1-5-16-14-18-12(17-10(7(2)3)11(15)20)9-6-8(4)21-13(9)19-14/h6-7,10H,5H2,1-4H3,(H2,15,20)(H2,16,17,18,19). The Balaban J connectivity index is 2.47. The lowest BCUT2D eigenvalue weighted by molar-refractivity contribution is -0.119. The smallest absolute Gasteiger partial charge is 0.240 e. The summed E-state index contributed by atoms with van der Waals surface area (Å²) in [4.78, 5) is 22.6. The molecule has 1 unspecified atom stereocenters.